The zero-order valence-corrected chi connectivity index (χ0v) is 16.4. The molecule has 136 valence electrons. The molecule has 0 saturated carbocycles. The van der Waals surface area contributed by atoms with Crippen molar-refractivity contribution in [1.29, 1.82) is 0 Å². The van der Waals surface area contributed by atoms with Crippen molar-refractivity contribution in [2.24, 2.45) is 0 Å². The molecule has 0 N–H and O–H groups in total. The van der Waals surface area contributed by atoms with E-state index in [0.717, 1.165) is 17.7 Å². The highest BCUT2D eigenvalue weighted by atomic mass is 35.5. The average molecular weight is 396 g/mol. The van der Waals surface area contributed by atoms with Gasteiger partial charge in [0, 0.05) is 58.1 Å². The molecule has 0 amide bonds. The lowest BCUT2D eigenvalue weighted by molar-refractivity contribution is 0.671. The van der Waals surface area contributed by atoms with Gasteiger partial charge < -0.3 is 9.13 Å². The number of rotatable bonds is 5. The van der Waals surface area contributed by atoms with Gasteiger partial charge in [0.2, 0.25) is 0 Å². The van der Waals surface area contributed by atoms with E-state index in [0.29, 0.717) is 10.0 Å². The van der Waals surface area contributed by atoms with Crippen LogP contribution in [0.25, 0.3) is 11.1 Å². The predicted octanol–water partition coefficient (Wildman–Crippen LogP) is 6.32. The van der Waals surface area contributed by atoms with Crippen LogP contribution in [0.3, 0.4) is 0 Å². The van der Waals surface area contributed by atoms with Crippen LogP contribution in [0.1, 0.15) is 24.1 Å². The maximum Gasteiger partial charge on any atom is 0.0954 e. The van der Waals surface area contributed by atoms with Crippen LogP contribution in [-0.4, -0.2) is 14.1 Å². The molecule has 0 saturated heterocycles. The minimum Gasteiger partial charge on any atom is -0.354 e. The molecule has 4 rings (SSSR count). The van der Waals surface area contributed by atoms with E-state index in [1.807, 2.05) is 36.9 Å². The first-order valence-corrected chi connectivity index (χ1v) is 9.60. The number of aromatic nitrogens is 3. The number of hydrogen-bond acceptors (Lipinski definition) is 1. The van der Waals surface area contributed by atoms with Crippen molar-refractivity contribution in [2.45, 2.75) is 19.5 Å². The summed E-state index contributed by atoms with van der Waals surface area (Å²) in [5.41, 5.74) is 4.44. The van der Waals surface area contributed by atoms with Crippen LogP contribution in [-0.2, 0) is 6.54 Å². The summed E-state index contributed by atoms with van der Waals surface area (Å²) in [6.45, 7) is 3.01. The summed E-state index contributed by atoms with van der Waals surface area (Å²) in [6.07, 6.45) is 10.00. The third-order valence-electron chi connectivity index (χ3n) is 4.73. The van der Waals surface area contributed by atoms with Gasteiger partial charge in [0.25, 0.3) is 0 Å². The van der Waals surface area contributed by atoms with Crippen LogP contribution in [0.2, 0.25) is 10.0 Å². The van der Waals surface area contributed by atoms with Crippen LogP contribution in [0.5, 0.6) is 0 Å². The molecule has 0 fully saturated rings. The summed E-state index contributed by atoms with van der Waals surface area (Å²) < 4.78 is 4.31. The zero-order valence-electron chi connectivity index (χ0n) is 14.9. The number of benzene rings is 2. The Balaban J connectivity index is 1.94. The van der Waals surface area contributed by atoms with Crippen LogP contribution in [0, 0.1) is 0 Å². The third kappa shape index (κ3) is 3.53. The molecule has 2 heterocycles. The van der Waals surface area contributed by atoms with Crippen molar-refractivity contribution in [3.05, 3.63) is 101 Å². The highest BCUT2D eigenvalue weighted by molar-refractivity contribution is 6.36. The first-order chi connectivity index (χ1) is 13.2. The van der Waals surface area contributed by atoms with Gasteiger partial charge in [-0.25, -0.2) is 4.98 Å². The summed E-state index contributed by atoms with van der Waals surface area (Å²) in [6, 6.07) is 16.1. The van der Waals surface area contributed by atoms with Crippen molar-refractivity contribution < 1.29 is 0 Å². The number of halogens is 2. The Bertz CT molecular complexity index is 1040. The van der Waals surface area contributed by atoms with Gasteiger partial charge in [0.15, 0.2) is 0 Å². The molecule has 5 heteroatoms. The first-order valence-electron chi connectivity index (χ1n) is 8.85. The smallest absolute Gasteiger partial charge is 0.0954 e. The molecule has 0 radical (unpaired) electrons. The molecule has 2 aromatic carbocycles. The van der Waals surface area contributed by atoms with Crippen LogP contribution < -0.4 is 0 Å². The van der Waals surface area contributed by atoms with Gasteiger partial charge in [-0.1, -0.05) is 59.6 Å². The fourth-order valence-corrected chi connectivity index (χ4v) is 3.94. The topological polar surface area (TPSA) is 22.8 Å². The quantitative estimate of drug-likeness (QED) is 0.387. The Labute approximate surface area is 168 Å². The van der Waals surface area contributed by atoms with Gasteiger partial charge in [0.05, 0.1) is 12.4 Å². The highest BCUT2D eigenvalue weighted by Gasteiger charge is 2.23. The molecular weight excluding hydrogens is 377 g/mol. The van der Waals surface area contributed by atoms with Crippen molar-refractivity contribution >= 4 is 23.2 Å². The van der Waals surface area contributed by atoms with Crippen LogP contribution >= 0.6 is 23.2 Å². The lowest BCUT2D eigenvalue weighted by atomic mass is 9.94. The Morgan fingerprint density at radius 3 is 2.48 bits per heavy atom. The van der Waals surface area contributed by atoms with Gasteiger partial charge in [-0.05, 0) is 24.6 Å². The van der Waals surface area contributed by atoms with E-state index in [-0.39, 0.29) is 6.04 Å². The number of aryl methyl sites for hydroxylation is 1. The minimum absolute atomic E-state index is 0.00300. The first kappa shape index (κ1) is 17.9. The molecule has 1 unspecified atom stereocenters. The SMILES string of the molecule is CCn1cc(-c2ccc(Cl)cc2Cl)c(C(c2ccccc2)n2ccnc2)c1. The predicted molar refractivity (Wildman–Crippen MR) is 111 cm³/mol. The van der Waals surface area contributed by atoms with E-state index < -0.39 is 0 Å². The van der Waals surface area contributed by atoms with Gasteiger partial charge in [0.1, 0.15) is 0 Å². The van der Waals surface area contributed by atoms with E-state index in [2.05, 4.69) is 57.7 Å². The third-order valence-corrected chi connectivity index (χ3v) is 5.28. The molecule has 0 aliphatic heterocycles. The molecule has 0 spiro atoms. The Morgan fingerprint density at radius 2 is 1.81 bits per heavy atom. The van der Waals surface area contributed by atoms with E-state index >= 15 is 0 Å². The molecule has 0 bridgehead atoms. The normalized spacial score (nSPS) is 12.3. The molecule has 0 aliphatic rings. The van der Waals surface area contributed by atoms with E-state index in [1.165, 1.54) is 11.1 Å². The second-order valence-corrected chi connectivity index (χ2v) is 7.25. The van der Waals surface area contributed by atoms with Crippen molar-refractivity contribution in [3.63, 3.8) is 0 Å². The average Bonchev–Trinajstić information content (AvgIpc) is 3.34. The fraction of sp³-hybridized carbons (Fsp3) is 0.136. The largest absolute Gasteiger partial charge is 0.354 e. The fourth-order valence-electron chi connectivity index (χ4n) is 3.43. The molecular formula is C22H19Cl2N3. The number of nitrogens with zero attached hydrogens (tertiary/aromatic N) is 3. The second-order valence-electron chi connectivity index (χ2n) is 6.40. The number of imidazole rings is 1. The van der Waals surface area contributed by atoms with Gasteiger partial charge >= 0.3 is 0 Å². The lowest BCUT2D eigenvalue weighted by Crippen LogP contribution is -2.11. The van der Waals surface area contributed by atoms with Gasteiger partial charge in [-0.2, -0.15) is 0 Å². The molecule has 1 atom stereocenters. The summed E-state index contributed by atoms with van der Waals surface area (Å²) in [4.78, 5) is 4.27. The van der Waals surface area contributed by atoms with Crippen LogP contribution in [0.4, 0.5) is 0 Å². The monoisotopic (exact) mass is 395 g/mol. The van der Waals surface area contributed by atoms with Crippen molar-refractivity contribution in [2.75, 3.05) is 0 Å². The Kier molecular flexibility index (Phi) is 5.06. The maximum absolute atomic E-state index is 6.55. The Hall–Kier alpha value is -2.49. The van der Waals surface area contributed by atoms with Crippen molar-refractivity contribution in [1.82, 2.24) is 14.1 Å². The van der Waals surface area contributed by atoms with E-state index in [1.54, 1.807) is 6.07 Å². The molecule has 27 heavy (non-hydrogen) atoms. The van der Waals surface area contributed by atoms with E-state index in [9.17, 15) is 0 Å². The highest BCUT2D eigenvalue weighted by Crippen LogP contribution is 2.39. The lowest BCUT2D eigenvalue weighted by Gasteiger charge is -2.20. The van der Waals surface area contributed by atoms with Gasteiger partial charge in [-0.15, -0.1) is 0 Å². The standard InChI is InChI=1S/C22H19Cl2N3/c1-2-26-13-19(18-9-8-17(23)12-21(18)24)20(14-26)22(27-11-10-25-15-27)16-6-4-3-5-7-16/h3-15,22H,2H2,1H3. The van der Waals surface area contributed by atoms with Crippen LogP contribution in [0.15, 0.2) is 79.6 Å². The molecule has 4 aromatic rings. The molecule has 2 aromatic heterocycles. The maximum atomic E-state index is 6.55. The molecule has 0 aliphatic carbocycles. The minimum atomic E-state index is 0.00300. The Morgan fingerprint density at radius 1 is 1.00 bits per heavy atom. The van der Waals surface area contributed by atoms with Crippen molar-refractivity contribution in [3.8, 4) is 11.1 Å². The molecule has 3 nitrogen and oxygen atoms in total. The second kappa shape index (κ2) is 7.63. The summed E-state index contributed by atoms with van der Waals surface area (Å²) in [5.74, 6) is 0. The number of hydrogen-bond donors (Lipinski definition) is 0. The summed E-state index contributed by atoms with van der Waals surface area (Å²) in [7, 11) is 0. The van der Waals surface area contributed by atoms with E-state index in [4.69, 9.17) is 23.2 Å². The van der Waals surface area contributed by atoms with Gasteiger partial charge in [-0.3, -0.25) is 0 Å². The summed E-state index contributed by atoms with van der Waals surface area (Å²) >= 11 is 12.7. The zero-order chi connectivity index (χ0) is 18.8. The summed E-state index contributed by atoms with van der Waals surface area (Å²) in [5, 5.41) is 1.28.